The van der Waals surface area contributed by atoms with Crippen LogP contribution in [0.25, 0.3) is 98.4 Å². The number of benzene rings is 10. The van der Waals surface area contributed by atoms with Crippen LogP contribution in [0, 0.1) is 0 Å². The van der Waals surface area contributed by atoms with Gasteiger partial charge in [-0.3, -0.25) is 0 Å². The molecule has 266 valence electrons. The standard InChI is InChI=1S/C54H33NO2/c1-2-13-34(14-3-1)35-25-27-38(28-26-35)55(49-32-37-16-4-6-17-40(37)42-19-8-9-20-43(42)49)39-29-30-45-48-31-36-15-5-7-18-41(36)52(54(48)57-51(45)33-39)47-23-12-22-46-44-21-10-11-24-50(44)56-53(46)47/h1-33H. The van der Waals surface area contributed by atoms with E-state index in [9.17, 15) is 0 Å². The Hall–Kier alpha value is -7.62. The normalized spacial score (nSPS) is 11.9. The minimum atomic E-state index is 0.826. The van der Waals surface area contributed by atoms with E-state index < -0.39 is 0 Å². The molecule has 0 aliphatic heterocycles. The van der Waals surface area contributed by atoms with E-state index in [0.29, 0.717) is 0 Å². The zero-order valence-electron chi connectivity index (χ0n) is 30.8. The van der Waals surface area contributed by atoms with Gasteiger partial charge in [0.2, 0.25) is 0 Å². The number of nitrogens with zero attached hydrogens (tertiary/aromatic N) is 1. The molecule has 0 radical (unpaired) electrons. The summed E-state index contributed by atoms with van der Waals surface area (Å²) in [6, 6.07) is 71.4. The van der Waals surface area contributed by atoms with E-state index in [1.807, 2.05) is 12.1 Å². The lowest BCUT2D eigenvalue weighted by atomic mass is 9.94. The van der Waals surface area contributed by atoms with Crippen molar-refractivity contribution >= 4 is 93.3 Å². The van der Waals surface area contributed by atoms with Crippen LogP contribution < -0.4 is 4.90 Å². The summed E-state index contributed by atoms with van der Waals surface area (Å²) >= 11 is 0. The van der Waals surface area contributed by atoms with Gasteiger partial charge in [0.1, 0.15) is 22.3 Å². The fourth-order valence-corrected chi connectivity index (χ4v) is 8.99. The van der Waals surface area contributed by atoms with Gasteiger partial charge in [0.05, 0.1) is 5.69 Å². The molecule has 0 aliphatic carbocycles. The maximum atomic E-state index is 7.10. The van der Waals surface area contributed by atoms with Gasteiger partial charge < -0.3 is 13.7 Å². The van der Waals surface area contributed by atoms with Gasteiger partial charge in [0.15, 0.2) is 0 Å². The second-order valence-electron chi connectivity index (χ2n) is 14.8. The molecule has 10 aromatic carbocycles. The quantitative estimate of drug-likeness (QED) is 0.165. The molecule has 12 aromatic rings. The number of anilines is 3. The van der Waals surface area contributed by atoms with Gasteiger partial charge in [-0.2, -0.15) is 0 Å². The predicted octanol–water partition coefficient (Wildman–Crippen LogP) is 15.7. The highest BCUT2D eigenvalue weighted by molar-refractivity contribution is 6.22. The average molecular weight is 728 g/mol. The van der Waals surface area contributed by atoms with Gasteiger partial charge in [0.25, 0.3) is 0 Å². The first-order valence-electron chi connectivity index (χ1n) is 19.4. The highest BCUT2D eigenvalue weighted by atomic mass is 16.3. The molecule has 0 fully saturated rings. The Labute approximate surface area is 328 Å². The largest absolute Gasteiger partial charge is 0.455 e. The van der Waals surface area contributed by atoms with E-state index in [4.69, 9.17) is 8.83 Å². The van der Waals surface area contributed by atoms with Crippen molar-refractivity contribution in [3.63, 3.8) is 0 Å². The van der Waals surface area contributed by atoms with Crippen LogP contribution in [0.15, 0.2) is 209 Å². The van der Waals surface area contributed by atoms with Gasteiger partial charge in [-0.05, 0) is 80.5 Å². The van der Waals surface area contributed by atoms with E-state index >= 15 is 0 Å². The Bertz CT molecular complexity index is 3520. The van der Waals surface area contributed by atoms with E-state index in [1.165, 1.54) is 32.7 Å². The summed E-state index contributed by atoms with van der Waals surface area (Å²) in [5.74, 6) is 0. The van der Waals surface area contributed by atoms with Gasteiger partial charge >= 0.3 is 0 Å². The summed E-state index contributed by atoms with van der Waals surface area (Å²) in [5, 5.41) is 11.5. The number of para-hydroxylation sites is 2. The van der Waals surface area contributed by atoms with Crippen molar-refractivity contribution in [3.05, 3.63) is 200 Å². The van der Waals surface area contributed by atoms with Crippen molar-refractivity contribution in [1.29, 1.82) is 0 Å². The van der Waals surface area contributed by atoms with Crippen molar-refractivity contribution in [3.8, 4) is 22.3 Å². The third-order valence-electron chi connectivity index (χ3n) is 11.6. The van der Waals surface area contributed by atoms with Crippen molar-refractivity contribution in [2.45, 2.75) is 0 Å². The van der Waals surface area contributed by atoms with Crippen LogP contribution in [-0.4, -0.2) is 0 Å². The summed E-state index contributed by atoms with van der Waals surface area (Å²) in [6.07, 6.45) is 0. The molecule has 0 aliphatic rings. The van der Waals surface area contributed by atoms with Gasteiger partial charge in [-0.15, -0.1) is 0 Å². The highest BCUT2D eigenvalue weighted by Crippen LogP contribution is 2.47. The predicted molar refractivity (Wildman–Crippen MR) is 239 cm³/mol. The minimum absolute atomic E-state index is 0.826. The van der Waals surface area contributed by atoms with Crippen LogP contribution in [0.3, 0.4) is 0 Å². The Morgan fingerprint density at radius 2 is 0.912 bits per heavy atom. The molecule has 0 spiro atoms. The SMILES string of the molecule is c1ccc(-c2ccc(N(c3ccc4c(c3)oc3c(-c5cccc6c5oc5ccccc56)c5ccccc5cc34)c3cc4ccccc4c4ccccc34)cc2)cc1. The Balaban J connectivity index is 1.11. The molecule has 0 saturated carbocycles. The number of hydrogen-bond donors (Lipinski definition) is 0. The second-order valence-corrected chi connectivity index (χ2v) is 14.8. The summed E-state index contributed by atoms with van der Waals surface area (Å²) in [4.78, 5) is 2.38. The van der Waals surface area contributed by atoms with Crippen molar-refractivity contribution in [2.24, 2.45) is 0 Å². The van der Waals surface area contributed by atoms with E-state index in [0.717, 1.165) is 82.8 Å². The minimum Gasteiger partial charge on any atom is -0.455 e. The lowest BCUT2D eigenvalue weighted by Gasteiger charge is -2.27. The average Bonchev–Trinajstić information content (AvgIpc) is 3.84. The molecule has 0 saturated heterocycles. The molecule has 0 atom stereocenters. The number of hydrogen-bond acceptors (Lipinski definition) is 3. The third-order valence-corrected chi connectivity index (χ3v) is 11.6. The summed E-state index contributed by atoms with van der Waals surface area (Å²) in [6.45, 7) is 0. The molecule has 57 heavy (non-hydrogen) atoms. The summed E-state index contributed by atoms with van der Waals surface area (Å²) < 4.78 is 13.7. The zero-order chi connectivity index (χ0) is 37.5. The van der Waals surface area contributed by atoms with Crippen molar-refractivity contribution in [1.82, 2.24) is 0 Å². The van der Waals surface area contributed by atoms with Gasteiger partial charge in [-0.1, -0.05) is 152 Å². The summed E-state index contributed by atoms with van der Waals surface area (Å²) in [7, 11) is 0. The zero-order valence-corrected chi connectivity index (χ0v) is 30.8. The Morgan fingerprint density at radius 1 is 0.316 bits per heavy atom. The monoisotopic (exact) mass is 727 g/mol. The maximum Gasteiger partial charge on any atom is 0.144 e. The third kappa shape index (κ3) is 4.92. The molecule has 3 heteroatoms. The highest BCUT2D eigenvalue weighted by Gasteiger charge is 2.23. The topological polar surface area (TPSA) is 29.5 Å². The van der Waals surface area contributed by atoms with Crippen LogP contribution in [-0.2, 0) is 0 Å². The Morgan fingerprint density at radius 3 is 1.74 bits per heavy atom. The molecule has 3 nitrogen and oxygen atoms in total. The molecule has 12 rings (SSSR count). The first-order chi connectivity index (χ1) is 28.3. The van der Waals surface area contributed by atoms with Crippen LogP contribution >= 0.6 is 0 Å². The Kier molecular flexibility index (Phi) is 6.93. The summed E-state index contributed by atoms with van der Waals surface area (Å²) in [5.41, 5.74) is 11.0. The molecule has 0 N–H and O–H groups in total. The van der Waals surface area contributed by atoms with Crippen LogP contribution in [0.1, 0.15) is 0 Å². The lowest BCUT2D eigenvalue weighted by Crippen LogP contribution is -2.10. The fourth-order valence-electron chi connectivity index (χ4n) is 8.99. The first-order valence-corrected chi connectivity index (χ1v) is 19.4. The van der Waals surface area contributed by atoms with Crippen LogP contribution in [0.2, 0.25) is 0 Å². The van der Waals surface area contributed by atoms with E-state index in [2.05, 4.69) is 193 Å². The number of fused-ring (bicyclic) bond motifs is 10. The number of furan rings is 2. The van der Waals surface area contributed by atoms with Crippen LogP contribution in [0.5, 0.6) is 0 Å². The molecule has 2 aromatic heterocycles. The molecule has 0 unspecified atom stereocenters. The number of rotatable bonds is 5. The molecule has 0 bridgehead atoms. The van der Waals surface area contributed by atoms with E-state index in [1.54, 1.807) is 0 Å². The maximum absolute atomic E-state index is 7.10. The van der Waals surface area contributed by atoms with Crippen molar-refractivity contribution in [2.75, 3.05) is 4.90 Å². The van der Waals surface area contributed by atoms with Gasteiger partial charge in [-0.25, -0.2) is 0 Å². The molecular formula is C54H33NO2. The smallest absolute Gasteiger partial charge is 0.144 e. The lowest BCUT2D eigenvalue weighted by molar-refractivity contribution is 0.665. The van der Waals surface area contributed by atoms with Gasteiger partial charge in [0, 0.05) is 55.5 Å². The van der Waals surface area contributed by atoms with Crippen molar-refractivity contribution < 1.29 is 8.83 Å². The van der Waals surface area contributed by atoms with Crippen LogP contribution in [0.4, 0.5) is 17.1 Å². The fraction of sp³-hybridized carbons (Fsp3) is 0. The first kappa shape index (κ1) is 31.7. The second kappa shape index (κ2) is 12.5. The van der Waals surface area contributed by atoms with E-state index in [-0.39, 0.29) is 0 Å². The molecular weight excluding hydrogens is 695 g/mol. The molecule has 2 heterocycles. The molecule has 0 amide bonds.